The van der Waals surface area contributed by atoms with E-state index < -0.39 is 18.4 Å². The summed E-state index contributed by atoms with van der Waals surface area (Å²) in [5, 5.41) is 12.9. The van der Waals surface area contributed by atoms with Crippen LogP contribution in [0.4, 0.5) is 0 Å². The smallest absolute Gasteiger partial charge is 0.322 e. The molecule has 0 aliphatic carbocycles. The molecule has 0 bridgehead atoms. The van der Waals surface area contributed by atoms with E-state index in [0.29, 0.717) is 5.75 Å². The van der Waals surface area contributed by atoms with Crippen LogP contribution in [-0.2, 0) is 14.4 Å². The quantitative estimate of drug-likeness (QED) is 0.630. The summed E-state index contributed by atoms with van der Waals surface area (Å²) in [6, 6.07) is 7.45. The standard InChI is InChI=1S/C14H18N2O5/c1-10-4-2-3-5-11(10)21-7-6-12(17)15-8-13(18)16-9-14(19)20/h2-5H,6-9H2,1H3,(H,15,17)(H,16,18)(H,19,20). The lowest BCUT2D eigenvalue weighted by molar-refractivity contribution is -0.137. The zero-order valence-electron chi connectivity index (χ0n) is 11.7. The van der Waals surface area contributed by atoms with Crippen molar-refractivity contribution in [2.24, 2.45) is 0 Å². The maximum absolute atomic E-state index is 11.5. The van der Waals surface area contributed by atoms with Gasteiger partial charge in [-0.2, -0.15) is 0 Å². The van der Waals surface area contributed by atoms with Gasteiger partial charge >= 0.3 is 5.97 Å². The third-order valence-corrected chi connectivity index (χ3v) is 2.56. The minimum Gasteiger partial charge on any atom is -0.493 e. The largest absolute Gasteiger partial charge is 0.493 e. The molecule has 0 saturated heterocycles. The second kappa shape index (κ2) is 8.57. The van der Waals surface area contributed by atoms with Crippen LogP contribution in [-0.4, -0.2) is 42.6 Å². The maximum Gasteiger partial charge on any atom is 0.322 e. The Morgan fingerprint density at radius 2 is 1.76 bits per heavy atom. The van der Waals surface area contributed by atoms with Crippen molar-refractivity contribution in [1.29, 1.82) is 0 Å². The summed E-state index contributed by atoms with van der Waals surface area (Å²) in [4.78, 5) is 32.9. The van der Waals surface area contributed by atoms with Crippen molar-refractivity contribution in [3.05, 3.63) is 29.8 Å². The van der Waals surface area contributed by atoms with E-state index >= 15 is 0 Å². The van der Waals surface area contributed by atoms with Gasteiger partial charge in [0, 0.05) is 0 Å². The molecular formula is C14H18N2O5. The monoisotopic (exact) mass is 294 g/mol. The van der Waals surface area contributed by atoms with E-state index in [1.165, 1.54) is 0 Å². The minimum atomic E-state index is -1.14. The SMILES string of the molecule is Cc1ccccc1OCCC(=O)NCC(=O)NCC(=O)O. The van der Waals surface area contributed by atoms with Crippen LogP contribution in [0.3, 0.4) is 0 Å². The van der Waals surface area contributed by atoms with E-state index in [9.17, 15) is 14.4 Å². The molecule has 0 unspecified atom stereocenters. The van der Waals surface area contributed by atoms with Crippen molar-refractivity contribution in [1.82, 2.24) is 10.6 Å². The number of carbonyl (C=O) groups excluding carboxylic acids is 2. The molecular weight excluding hydrogens is 276 g/mol. The molecule has 1 rings (SSSR count). The van der Waals surface area contributed by atoms with Gasteiger partial charge in [0.25, 0.3) is 0 Å². The summed E-state index contributed by atoms with van der Waals surface area (Å²) >= 11 is 0. The Kier molecular flexibility index (Phi) is 6.73. The molecule has 0 spiro atoms. The van der Waals surface area contributed by atoms with Crippen LogP contribution in [0, 0.1) is 6.92 Å². The van der Waals surface area contributed by atoms with Gasteiger partial charge in [-0.25, -0.2) is 0 Å². The number of hydrogen-bond donors (Lipinski definition) is 3. The van der Waals surface area contributed by atoms with Crippen molar-refractivity contribution >= 4 is 17.8 Å². The number of benzene rings is 1. The van der Waals surface area contributed by atoms with Gasteiger partial charge in [0.05, 0.1) is 19.6 Å². The van der Waals surface area contributed by atoms with Crippen LogP contribution in [0.5, 0.6) is 5.75 Å². The van der Waals surface area contributed by atoms with Crippen molar-refractivity contribution in [2.45, 2.75) is 13.3 Å². The van der Waals surface area contributed by atoms with Gasteiger partial charge in [0.2, 0.25) is 11.8 Å². The second-order valence-electron chi connectivity index (χ2n) is 4.31. The van der Waals surface area contributed by atoms with Gasteiger partial charge in [-0.05, 0) is 18.6 Å². The van der Waals surface area contributed by atoms with E-state index in [1.807, 2.05) is 31.2 Å². The Bertz CT molecular complexity index is 516. The molecule has 3 N–H and O–H groups in total. The summed E-state index contributed by atoms with van der Waals surface area (Å²) in [7, 11) is 0. The van der Waals surface area contributed by atoms with Crippen LogP contribution in [0.1, 0.15) is 12.0 Å². The highest BCUT2D eigenvalue weighted by Gasteiger charge is 2.07. The first-order valence-electron chi connectivity index (χ1n) is 6.42. The fraction of sp³-hybridized carbons (Fsp3) is 0.357. The zero-order valence-corrected chi connectivity index (χ0v) is 11.7. The van der Waals surface area contributed by atoms with Crippen molar-refractivity contribution in [3.63, 3.8) is 0 Å². The molecule has 7 nitrogen and oxygen atoms in total. The molecule has 0 aliphatic rings. The summed E-state index contributed by atoms with van der Waals surface area (Å²) in [5.41, 5.74) is 0.978. The van der Waals surface area contributed by atoms with Crippen molar-refractivity contribution < 1.29 is 24.2 Å². The number of carboxylic acids is 1. The molecule has 0 fully saturated rings. The van der Waals surface area contributed by atoms with Gasteiger partial charge in [-0.15, -0.1) is 0 Å². The number of hydrogen-bond acceptors (Lipinski definition) is 4. The first-order valence-corrected chi connectivity index (χ1v) is 6.42. The number of nitrogens with one attached hydrogen (secondary N) is 2. The molecule has 2 amide bonds. The molecule has 21 heavy (non-hydrogen) atoms. The third kappa shape index (κ3) is 6.95. The molecule has 0 heterocycles. The molecule has 0 saturated carbocycles. The number of carbonyl (C=O) groups is 3. The second-order valence-corrected chi connectivity index (χ2v) is 4.31. The van der Waals surface area contributed by atoms with E-state index in [0.717, 1.165) is 5.56 Å². The highest BCUT2D eigenvalue weighted by atomic mass is 16.5. The number of ether oxygens (including phenoxy) is 1. The molecule has 7 heteroatoms. The first-order chi connectivity index (χ1) is 9.99. The maximum atomic E-state index is 11.5. The number of aryl methyl sites for hydroxylation is 1. The van der Waals surface area contributed by atoms with Crippen LogP contribution >= 0.6 is 0 Å². The predicted octanol–water partition coefficient (Wildman–Crippen LogP) is 0.0809. The molecule has 0 atom stereocenters. The van der Waals surface area contributed by atoms with Gasteiger partial charge < -0.3 is 20.5 Å². The third-order valence-electron chi connectivity index (χ3n) is 2.56. The molecule has 0 aromatic heterocycles. The minimum absolute atomic E-state index is 0.112. The average molecular weight is 294 g/mol. The molecule has 1 aromatic rings. The highest BCUT2D eigenvalue weighted by molar-refractivity contribution is 5.86. The summed E-state index contributed by atoms with van der Waals surface area (Å²) in [5.74, 6) is -1.31. The lowest BCUT2D eigenvalue weighted by atomic mass is 10.2. The number of para-hydroxylation sites is 1. The van der Waals surface area contributed by atoms with Gasteiger partial charge in [-0.3, -0.25) is 14.4 Å². The average Bonchev–Trinajstić information content (AvgIpc) is 2.45. The Morgan fingerprint density at radius 3 is 2.43 bits per heavy atom. The van der Waals surface area contributed by atoms with Crippen molar-refractivity contribution in [3.8, 4) is 5.75 Å². The van der Waals surface area contributed by atoms with Crippen LogP contribution in [0.25, 0.3) is 0 Å². The number of aliphatic carboxylic acids is 1. The summed E-state index contributed by atoms with van der Waals surface area (Å²) in [6.07, 6.45) is 0.112. The molecule has 0 aliphatic heterocycles. The highest BCUT2D eigenvalue weighted by Crippen LogP contribution is 2.15. The van der Waals surface area contributed by atoms with Crippen molar-refractivity contribution in [2.75, 3.05) is 19.7 Å². The zero-order chi connectivity index (χ0) is 15.7. The normalized spacial score (nSPS) is 9.76. The lowest BCUT2D eigenvalue weighted by Gasteiger charge is -2.09. The Morgan fingerprint density at radius 1 is 1.10 bits per heavy atom. The number of rotatable bonds is 8. The van der Waals surface area contributed by atoms with Gasteiger partial charge in [0.1, 0.15) is 12.3 Å². The number of carboxylic acid groups (broad SMARTS) is 1. The topological polar surface area (TPSA) is 105 Å². The Balaban J connectivity index is 2.18. The van der Waals surface area contributed by atoms with Gasteiger partial charge in [-0.1, -0.05) is 18.2 Å². The number of amides is 2. The Hall–Kier alpha value is -2.57. The molecule has 114 valence electrons. The summed E-state index contributed by atoms with van der Waals surface area (Å²) in [6.45, 7) is 1.39. The first kappa shape index (κ1) is 16.5. The van der Waals surface area contributed by atoms with E-state index in [4.69, 9.17) is 9.84 Å². The lowest BCUT2D eigenvalue weighted by Crippen LogP contribution is -2.39. The van der Waals surface area contributed by atoms with E-state index in [-0.39, 0.29) is 25.5 Å². The summed E-state index contributed by atoms with van der Waals surface area (Å²) < 4.78 is 5.45. The van der Waals surface area contributed by atoms with Gasteiger partial charge in [0.15, 0.2) is 0 Å². The Labute approximate surface area is 122 Å². The molecule has 0 radical (unpaired) electrons. The van der Waals surface area contributed by atoms with E-state index in [2.05, 4.69) is 10.6 Å². The van der Waals surface area contributed by atoms with Crippen LogP contribution in [0.2, 0.25) is 0 Å². The molecule has 1 aromatic carbocycles. The fourth-order valence-electron chi connectivity index (χ4n) is 1.48. The fourth-order valence-corrected chi connectivity index (χ4v) is 1.48. The van der Waals surface area contributed by atoms with Crippen LogP contribution in [0.15, 0.2) is 24.3 Å². The van der Waals surface area contributed by atoms with E-state index in [1.54, 1.807) is 0 Å². The van der Waals surface area contributed by atoms with Crippen LogP contribution < -0.4 is 15.4 Å². The predicted molar refractivity (Wildman–Crippen MR) is 74.9 cm³/mol.